The highest BCUT2D eigenvalue weighted by Gasteiger charge is 2.44. The van der Waals surface area contributed by atoms with Gasteiger partial charge in [-0.15, -0.1) is 0 Å². The fraction of sp³-hybridized carbons (Fsp3) is 0.333. The van der Waals surface area contributed by atoms with E-state index < -0.39 is 12.2 Å². The Morgan fingerprint density at radius 2 is 1.46 bits per heavy atom. The van der Waals surface area contributed by atoms with Crippen LogP contribution in [0.1, 0.15) is 11.6 Å². The summed E-state index contributed by atoms with van der Waals surface area (Å²) in [6.07, 6.45) is -4.31. The van der Waals surface area contributed by atoms with Crippen LogP contribution >= 0.6 is 0 Å². The lowest BCUT2D eigenvalue weighted by Crippen LogP contribution is -2.49. The van der Waals surface area contributed by atoms with Gasteiger partial charge in [-0.3, -0.25) is 4.90 Å². The zero-order chi connectivity index (χ0) is 17.0. The standard InChI is InChI=1S/C18H19F3N2O/c19-18(20,21)17(23-12-10-22-11-13-23)14-6-8-16(9-7-14)24-15-4-2-1-3-5-15/h1-9,17,22H,10-13H2/t17-/m0/s1. The molecule has 0 radical (unpaired) electrons. The molecule has 1 fully saturated rings. The van der Waals surface area contributed by atoms with Gasteiger partial charge in [-0.1, -0.05) is 30.3 Å². The second-order valence-electron chi connectivity index (χ2n) is 5.71. The molecule has 0 spiro atoms. The molecule has 6 heteroatoms. The molecular weight excluding hydrogens is 317 g/mol. The third kappa shape index (κ3) is 4.07. The number of piperazine rings is 1. The van der Waals surface area contributed by atoms with Crippen LogP contribution in [-0.4, -0.2) is 37.3 Å². The number of rotatable bonds is 4. The SMILES string of the molecule is FC(F)(F)[C@H](c1ccc(Oc2ccccc2)cc1)N1CCNCC1. The van der Waals surface area contributed by atoms with Crippen LogP contribution < -0.4 is 10.1 Å². The molecule has 1 heterocycles. The molecule has 1 atom stereocenters. The first kappa shape index (κ1) is 16.8. The quantitative estimate of drug-likeness (QED) is 0.914. The van der Waals surface area contributed by atoms with Gasteiger partial charge in [0.25, 0.3) is 0 Å². The summed E-state index contributed by atoms with van der Waals surface area (Å²) in [5, 5.41) is 3.08. The molecule has 0 unspecified atom stereocenters. The lowest BCUT2D eigenvalue weighted by Gasteiger charge is -2.36. The average Bonchev–Trinajstić information content (AvgIpc) is 2.57. The van der Waals surface area contributed by atoms with Crippen LogP contribution in [0.15, 0.2) is 54.6 Å². The minimum atomic E-state index is -4.31. The average molecular weight is 336 g/mol. The van der Waals surface area contributed by atoms with Gasteiger partial charge in [0.1, 0.15) is 17.5 Å². The van der Waals surface area contributed by atoms with Gasteiger partial charge in [-0.05, 0) is 29.8 Å². The Morgan fingerprint density at radius 1 is 0.875 bits per heavy atom. The molecule has 24 heavy (non-hydrogen) atoms. The van der Waals surface area contributed by atoms with E-state index in [9.17, 15) is 13.2 Å². The van der Waals surface area contributed by atoms with Crippen LogP contribution in [0.25, 0.3) is 0 Å². The number of alkyl halides is 3. The summed E-state index contributed by atoms with van der Waals surface area (Å²) in [7, 11) is 0. The van der Waals surface area contributed by atoms with Crippen molar-refractivity contribution in [3.8, 4) is 11.5 Å². The zero-order valence-corrected chi connectivity index (χ0v) is 13.1. The van der Waals surface area contributed by atoms with Crippen molar-refractivity contribution in [2.45, 2.75) is 12.2 Å². The number of hydrogen-bond donors (Lipinski definition) is 1. The molecule has 2 aromatic rings. The summed E-state index contributed by atoms with van der Waals surface area (Å²) in [5.74, 6) is 1.17. The third-order valence-electron chi connectivity index (χ3n) is 4.00. The van der Waals surface area contributed by atoms with Crippen LogP contribution in [0.4, 0.5) is 13.2 Å². The first-order chi connectivity index (χ1) is 11.5. The summed E-state index contributed by atoms with van der Waals surface area (Å²) < 4.78 is 46.3. The molecule has 0 aliphatic carbocycles. The van der Waals surface area contributed by atoms with E-state index in [0.717, 1.165) is 0 Å². The summed E-state index contributed by atoms with van der Waals surface area (Å²) in [6, 6.07) is 13.7. The van der Waals surface area contributed by atoms with Gasteiger partial charge >= 0.3 is 6.18 Å². The molecule has 1 saturated heterocycles. The maximum atomic E-state index is 13.5. The van der Waals surface area contributed by atoms with Gasteiger partial charge in [-0.25, -0.2) is 0 Å². The van der Waals surface area contributed by atoms with Crippen LogP contribution in [0.5, 0.6) is 11.5 Å². The van der Waals surface area contributed by atoms with Gasteiger partial charge < -0.3 is 10.1 Å². The van der Waals surface area contributed by atoms with Gasteiger partial charge in [-0.2, -0.15) is 13.2 Å². The predicted octanol–water partition coefficient (Wildman–Crippen LogP) is 3.99. The highest BCUT2D eigenvalue weighted by molar-refractivity contribution is 5.34. The lowest BCUT2D eigenvalue weighted by molar-refractivity contribution is -0.187. The normalized spacial score (nSPS) is 17.5. The van der Waals surface area contributed by atoms with E-state index >= 15 is 0 Å². The first-order valence-electron chi connectivity index (χ1n) is 7.88. The van der Waals surface area contributed by atoms with Gasteiger partial charge in [0.05, 0.1) is 0 Å². The monoisotopic (exact) mass is 336 g/mol. The molecule has 3 nitrogen and oxygen atoms in total. The smallest absolute Gasteiger partial charge is 0.408 e. The number of benzene rings is 2. The zero-order valence-electron chi connectivity index (χ0n) is 13.1. The van der Waals surface area contributed by atoms with Gasteiger partial charge in [0.2, 0.25) is 0 Å². The highest BCUT2D eigenvalue weighted by atomic mass is 19.4. The van der Waals surface area contributed by atoms with Crippen molar-refractivity contribution in [3.63, 3.8) is 0 Å². The van der Waals surface area contributed by atoms with Crippen molar-refractivity contribution in [2.75, 3.05) is 26.2 Å². The lowest BCUT2D eigenvalue weighted by atomic mass is 10.0. The van der Waals surface area contributed by atoms with E-state index in [1.807, 2.05) is 18.2 Å². The Hall–Kier alpha value is -2.05. The second kappa shape index (κ2) is 7.23. The van der Waals surface area contributed by atoms with Crippen LogP contribution in [0.2, 0.25) is 0 Å². The number of nitrogens with zero attached hydrogens (tertiary/aromatic N) is 1. The molecule has 0 aromatic heterocycles. The van der Waals surface area contributed by atoms with E-state index in [-0.39, 0.29) is 5.56 Å². The first-order valence-corrected chi connectivity index (χ1v) is 7.88. The largest absolute Gasteiger partial charge is 0.457 e. The molecule has 0 bridgehead atoms. The second-order valence-corrected chi connectivity index (χ2v) is 5.71. The molecule has 0 saturated carbocycles. The fourth-order valence-corrected chi connectivity index (χ4v) is 2.89. The summed E-state index contributed by atoms with van der Waals surface area (Å²) in [6.45, 7) is 1.91. The predicted molar refractivity (Wildman–Crippen MR) is 86.2 cm³/mol. The maximum Gasteiger partial charge on any atom is 0.408 e. The minimum Gasteiger partial charge on any atom is -0.457 e. The van der Waals surface area contributed by atoms with Crippen molar-refractivity contribution in [1.29, 1.82) is 0 Å². The Bertz CT molecular complexity index is 638. The van der Waals surface area contributed by atoms with Crippen LogP contribution in [0, 0.1) is 0 Å². The highest BCUT2D eigenvalue weighted by Crippen LogP contribution is 2.38. The van der Waals surface area contributed by atoms with E-state index in [1.54, 1.807) is 24.3 Å². The molecule has 3 rings (SSSR count). The molecular formula is C18H19F3N2O. The Morgan fingerprint density at radius 3 is 2.04 bits per heavy atom. The summed E-state index contributed by atoms with van der Waals surface area (Å²) in [4.78, 5) is 1.48. The molecule has 0 amide bonds. The van der Waals surface area contributed by atoms with Crippen LogP contribution in [-0.2, 0) is 0 Å². The van der Waals surface area contributed by atoms with Crippen molar-refractivity contribution >= 4 is 0 Å². The van der Waals surface area contributed by atoms with E-state index in [1.165, 1.54) is 17.0 Å². The Balaban J connectivity index is 1.78. The number of hydrogen-bond acceptors (Lipinski definition) is 3. The summed E-state index contributed by atoms with van der Waals surface area (Å²) in [5.41, 5.74) is 0.241. The minimum absolute atomic E-state index is 0.241. The summed E-state index contributed by atoms with van der Waals surface area (Å²) >= 11 is 0. The maximum absolute atomic E-state index is 13.5. The van der Waals surface area contributed by atoms with Crippen LogP contribution in [0.3, 0.4) is 0 Å². The molecule has 128 valence electrons. The Kier molecular flexibility index (Phi) is 5.06. The van der Waals surface area contributed by atoms with Crippen molar-refractivity contribution in [1.82, 2.24) is 10.2 Å². The molecule has 2 aromatic carbocycles. The van der Waals surface area contributed by atoms with E-state index in [2.05, 4.69) is 5.32 Å². The number of para-hydroxylation sites is 1. The van der Waals surface area contributed by atoms with Crippen molar-refractivity contribution in [2.24, 2.45) is 0 Å². The molecule has 1 aliphatic rings. The Labute approximate surface area is 139 Å². The van der Waals surface area contributed by atoms with Crippen molar-refractivity contribution < 1.29 is 17.9 Å². The number of halogens is 3. The van der Waals surface area contributed by atoms with Crippen molar-refractivity contribution in [3.05, 3.63) is 60.2 Å². The van der Waals surface area contributed by atoms with Gasteiger partial charge in [0, 0.05) is 26.2 Å². The number of nitrogens with one attached hydrogen (secondary N) is 1. The number of ether oxygens (including phenoxy) is 1. The molecule has 1 N–H and O–H groups in total. The van der Waals surface area contributed by atoms with Gasteiger partial charge in [0.15, 0.2) is 0 Å². The topological polar surface area (TPSA) is 24.5 Å². The van der Waals surface area contributed by atoms with E-state index in [4.69, 9.17) is 4.74 Å². The molecule has 1 aliphatic heterocycles. The fourth-order valence-electron chi connectivity index (χ4n) is 2.89. The van der Waals surface area contributed by atoms with E-state index in [0.29, 0.717) is 37.7 Å². The third-order valence-corrected chi connectivity index (χ3v) is 4.00.